The van der Waals surface area contributed by atoms with Crippen molar-refractivity contribution >= 4 is 23.0 Å². The van der Waals surface area contributed by atoms with Crippen LogP contribution in [0.4, 0.5) is 5.69 Å². The van der Waals surface area contributed by atoms with E-state index in [1.54, 1.807) is 13.0 Å². The number of nitrogens with zero attached hydrogens (tertiary/aromatic N) is 3. The molecule has 0 unspecified atom stereocenters. The van der Waals surface area contributed by atoms with Crippen LogP contribution in [0.3, 0.4) is 0 Å². The van der Waals surface area contributed by atoms with Crippen LogP contribution in [-0.2, 0) is 4.74 Å². The molecule has 0 amide bonds. The average molecular weight is 359 g/mol. The fourth-order valence-electron chi connectivity index (χ4n) is 2.05. The first-order valence-electron chi connectivity index (χ1n) is 7.29. The highest BCUT2D eigenvalue weighted by Gasteiger charge is 2.21. The summed E-state index contributed by atoms with van der Waals surface area (Å²) >= 11 is 1.34. The van der Waals surface area contributed by atoms with E-state index in [1.165, 1.54) is 35.6 Å². The molecule has 0 bridgehead atoms. The molecule has 0 N–H and O–H groups in total. The Morgan fingerprint density at radius 2 is 1.96 bits per heavy atom. The lowest BCUT2D eigenvalue weighted by Gasteiger charge is -2.07. The quantitative estimate of drug-likeness (QED) is 0.386. The molecule has 3 aromatic rings. The average Bonchev–Trinajstić information content (AvgIpc) is 3.24. The lowest BCUT2D eigenvalue weighted by molar-refractivity contribution is -0.384. The molecule has 25 heavy (non-hydrogen) atoms. The molecular weight excluding hydrogens is 346 g/mol. The van der Waals surface area contributed by atoms with Crippen LogP contribution in [0.15, 0.2) is 40.8 Å². The molecule has 1 atom stereocenters. The lowest BCUT2D eigenvalue weighted by atomic mass is 10.2. The summed E-state index contributed by atoms with van der Waals surface area (Å²) < 4.78 is 10.8. The third-order valence-corrected chi connectivity index (χ3v) is 4.32. The van der Waals surface area contributed by atoms with Crippen molar-refractivity contribution < 1.29 is 18.9 Å². The van der Waals surface area contributed by atoms with Crippen molar-refractivity contribution in [3.8, 4) is 11.5 Å². The zero-order valence-electron chi connectivity index (χ0n) is 13.3. The van der Waals surface area contributed by atoms with Crippen LogP contribution in [0.1, 0.15) is 33.5 Å². The van der Waals surface area contributed by atoms with E-state index in [-0.39, 0.29) is 17.5 Å². The number of non-ortho nitro benzene ring substituents is 1. The van der Waals surface area contributed by atoms with E-state index in [0.29, 0.717) is 10.4 Å². The molecule has 0 aliphatic rings. The first-order chi connectivity index (χ1) is 11.9. The van der Waals surface area contributed by atoms with Crippen molar-refractivity contribution in [3.63, 3.8) is 0 Å². The number of aromatic nitrogens is 2. The molecule has 8 nitrogen and oxygen atoms in total. The largest absolute Gasteiger partial charge is 0.448 e. The summed E-state index contributed by atoms with van der Waals surface area (Å²) in [6, 6.07) is 9.27. The summed E-state index contributed by atoms with van der Waals surface area (Å²) in [5, 5.41) is 18.4. The van der Waals surface area contributed by atoms with E-state index in [0.717, 1.165) is 4.88 Å². The number of carbonyl (C=O) groups excluding carboxylic acids is 1. The second-order valence-electron chi connectivity index (χ2n) is 5.21. The number of esters is 1. The molecule has 2 aromatic heterocycles. The fraction of sp³-hybridized carbons (Fsp3) is 0.188. The van der Waals surface area contributed by atoms with Crippen LogP contribution in [0, 0.1) is 17.0 Å². The highest BCUT2D eigenvalue weighted by atomic mass is 32.1. The third-order valence-electron chi connectivity index (χ3n) is 3.34. The van der Waals surface area contributed by atoms with Crippen molar-refractivity contribution in [1.82, 2.24) is 10.2 Å². The standard InChI is InChI=1S/C16H13N3O5S/c1-9-3-8-13(25-9)16(20)23-10(2)14-17-18-15(24-14)11-4-6-12(7-5-11)19(21)22/h3-8,10H,1-2H3/t10-/m1/s1. The van der Waals surface area contributed by atoms with Crippen molar-refractivity contribution in [2.75, 3.05) is 0 Å². The summed E-state index contributed by atoms with van der Waals surface area (Å²) in [7, 11) is 0. The number of aryl methyl sites for hydroxylation is 1. The van der Waals surface area contributed by atoms with Gasteiger partial charge in [0.05, 0.1) is 4.92 Å². The first kappa shape index (κ1) is 16.8. The van der Waals surface area contributed by atoms with Crippen LogP contribution in [-0.4, -0.2) is 21.1 Å². The molecule has 0 spiro atoms. The SMILES string of the molecule is Cc1ccc(C(=O)O[C@H](C)c2nnc(-c3ccc([N+](=O)[O-])cc3)o2)s1. The lowest BCUT2D eigenvalue weighted by Crippen LogP contribution is -2.08. The van der Waals surface area contributed by atoms with E-state index < -0.39 is 17.0 Å². The predicted molar refractivity (Wildman–Crippen MR) is 89.3 cm³/mol. The minimum Gasteiger partial charge on any atom is -0.448 e. The minimum absolute atomic E-state index is 0.0305. The Morgan fingerprint density at radius 3 is 2.56 bits per heavy atom. The molecule has 0 radical (unpaired) electrons. The van der Waals surface area contributed by atoms with Crippen LogP contribution in [0.2, 0.25) is 0 Å². The topological polar surface area (TPSA) is 108 Å². The maximum Gasteiger partial charge on any atom is 0.349 e. The second-order valence-corrected chi connectivity index (χ2v) is 6.50. The molecule has 2 heterocycles. The van der Waals surface area contributed by atoms with Gasteiger partial charge in [0.1, 0.15) is 4.88 Å². The normalized spacial score (nSPS) is 11.9. The number of carbonyl (C=O) groups is 1. The third kappa shape index (κ3) is 3.72. The molecule has 0 aliphatic carbocycles. The van der Waals surface area contributed by atoms with Crippen LogP contribution in [0.5, 0.6) is 0 Å². The van der Waals surface area contributed by atoms with E-state index in [2.05, 4.69) is 10.2 Å². The highest BCUT2D eigenvalue weighted by molar-refractivity contribution is 7.13. The molecule has 128 valence electrons. The van der Waals surface area contributed by atoms with E-state index in [4.69, 9.17) is 9.15 Å². The Balaban J connectivity index is 1.72. The van der Waals surface area contributed by atoms with E-state index >= 15 is 0 Å². The van der Waals surface area contributed by atoms with Gasteiger partial charge in [-0.05, 0) is 38.1 Å². The fourth-order valence-corrected chi connectivity index (χ4v) is 2.81. The van der Waals surface area contributed by atoms with Gasteiger partial charge in [-0.15, -0.1) is 21.5 Å². The minimum atomic E-state index is -0.714. The van der Waals surface area contributed by atoms with Gasteiger partial charge in [-0.3, -0.25) is 10.1 Å². The second kappa shape index (κ2) is 6.81. The summed E-state index contributed by atoms with van der Waals surface area (Å²) in [4.78, 5) is 23.7. The van der Waals surface area contributed by atoms with E-state index in [9.17, 15) is 14.9 Å². The zero-order valence-corrected chi connectivity index (χ0v) is 14.1. The van der Waals surface area contributed by atoms with Gasteiger partial charge in [0.15, 0.2) is 6.10 Å². The molecule has 0 fully saturated rings. The molecule has 3 rings (SSSR count). The molecule has 0 saturated heterocycles. The van der Waals surface area contributed by atoms with Crippen molar-refractivity contribution in [2.45, 2.75) is 20.0 Å². The van der Waals surface area contributed by atoms with Crippen molar-refractivity contribution in [1.29, 1.82) is 0 Å². The number of nitro benzene ring substituents is 1. The van der Waals surface area contributed by atoms with Gasteiger partial charge in [-0.2, -0.15) is 0 Å². The van der Waals surface area contributed by atoms with Gasteiger partial charge in [-0.25, -0.2) is 4.79 Å². The Hall–Kier alpha value is -3.07. The van der Waals surface area contributed by atoms with Crippen molar-refractivity contribution in [2.24, 2.45) is 0 Å². The van der Waals surface area contributed by atoms with Gasteiger partial charge < -0.3 is 9.15 Å². The van der Waals surface area contributed by atoms with Crippen LogP contribution >= 0.6 is 11.3 Å². The number of hydrogen-bond donors (Lipinski definition) is 0. The van der Waals surface area contributed by atoms with Crippen molar-refractivity contribution in [3.05, 3.63) is 62.2 Å². The monoisotopic (exact) mass is 359 g/mol. The summed E-state index contributed by atoms with van der Waals surface area (Å²) in [6.07, 6.45) is -0.714. The Bertz CT molecular complexity index is 916. The van der Waals surface area contributed by atoms with Gasteiger partial charge in [-0.1, -0.05) is 0 Å². The first-order valence-corrected chi connectivity index (χ1v) is 8.11. The number of hydrogen-bond acceptors (Lipinski definition) is 8. The molecule has 0 aliphatic heterocycles. The summed E-state index contributed by atoms with van der Waals surface area (Å²) in [5.74, 6) is -0.115. The Kier molecular flexibility index (Phi) is 4.57. The van der Waals surface area contributed by atoms with E-state index in [1.807, 2.05) is 13.0 Å². The molecule has 0 saturated carbocycles. The molecule has 9 heteroatoms. The van der Waals surface area contributed by atoms with Gasteiger partial charge in [0, 0.05) is 22.6 Å². The molecule has 1 aromatic carbocycles. The number of ether oxygens (including phenoxy) is 1. The zero-order chi connectivity index (χ0) is 18.0. The molecular formula is C16H13N3O5S. The van der Waals surface area contributed by atoms with Crippen LogP contribution in [0.25, 0.3) is 11.5 Å². The Labute approximate surface area is 146 Å². The summed E-state index contributed by atoms with van der Waals surface area (Å²) in [6.45, 7) is 3.53. The highest BCUT2D eigenvalue weighted by Crippen LogP contribution is 2.25. The maximum absolute atomic E-state index is 12.1. The maximum atomic E-state index is 12.1. The number of thiophene rings is 1. The smallest absolute Gasteiger partial charge is 0.349 e. The number of rotatable bonds is 5. The van der Waals surface area contributed by atoms with Crippen LogP contribution < -0.4 is 0 Å². The number of nitro groups is 1. The summed E-state index contributed by atoms with van der Waals surface area (Å²) in [5.41, 5.74) is 0.508. The van der Waals surface area contributed by atoms with Gasteiger partial charge >= 0.3 is 5.97 Å². The Morgan fingerprint density at radius 1 is 1.24 bits per heavy atom. The predicted octanol–water partition coefficient (Wildman–Crippen LogP) is 3.93. The number of benzene rings is 1. The van der Waals surface area contributed by atoms with Gasteiger partial charge in [0.2, 0.25) is 5.89 Å². The van der Waals surface area contributed by atoms with Gasteiger partial charge in [0.25, 0.3) is 11.6 Å².